The molecule has 0 radical (unpaired) electrons. The van der Waals surface area contributed by atoms with Gasteiger partial charge in [-0.3, -0.25) is 9.69 Å². The highest BCUT2D eigenvalue weighted by Gasteiger charge is 2.33. The molecule has 1 fully saturated rings. The zero-order valence-corrected chi connectivity index (χ0v) is 12.6. The molecule has 1 aliphatic rings. The number of hydrogen-bond donors (Lipinski definition) is 1. The molecule has 0 saturated carbocycles. The molecule has 0 aliphatic carbocycles. The minimum atomic E-state index is 0. The summed E-state index contributed by atoms with van der Waals surface area (Å²) in [5, 5.41) is 3.31. The first-order valence-corrected chi connectivity index (χ1v) is 7.68. The maximum atomic E-state index is 11.9. The van der Waals surface area contributed by atoms with E-state index in [0.29, 0.717) is 11.8 Å². The molecule has 1 heterocycles. The topological polar surface area (TPSA) is 32.3 Å². The van der Waals surface area contributed by atoms with Crippen molar-refractivity contribution in [2.75, 3.05) is 20.1 Å². The van der Waals surface area contributed by atoms with Crippen molar-refractivity contribution in [1.82, 2.24) is 10.2 Å². The highest BCUT2D eigenvalue weighted by molar-refractivity contribution is 5.82. The number of ketones is 1. The molecule has 0 aromatic heterocycles. The van der Waals surface area contributed by atoms with Crippen LogP contribution in [-0.2, 0) is 11.2 Å². The number of hydrogen-bond acceptors (Lipinski definition) is 3. The Balaban J connectivity index is 0.00000220. The quantitative estimate of drug-likeness (QED) is 0.872. The second-order valence-corrected chi connectivity index (χ2v) is 5.72. The minimum absolute atomic E-state index is 0. The lowest BCUT2D eigenvalue weighted by molar-refractivity contribution is -0.124. The predicted octanol–water partition coefficient (Wildman–Crippen LogP) is 3.53. The zero-order chi connectivity index (χ0) is 14.4. The van der Waals surface area contributed by atoms with Crippen LogP contribution >= 0.6 is 0 Å². The van der Waals surface area contributed by atoms with Gasteiger partial charge in [0.1, 0.15) is 5.78 Å². The largest absolute Gasteiger partial charge is 0.315 e. The molecule has 1 aromatic carbocycles. The third kappa shape index (κ3) is 5.54. The first-order valence-electron chi connectivity index (χ1n) is 7.68. The second kappa shape index (κ2) is 10.5. The molecular weight excluding hydrogens is 272 g/mol. The summed E-state index contributed by atoms with van der Waals surface area (Å²) >= 11 is 0. The number of rotatable bonds is 6. The molecule has 126 valence electrons. The van der Waals surface area contributed by atoms with Gasteiger partial charge in [-0.1, -0.05) is 45.2 Å². The van der Waals surface area contributed by atoms with Crippen molar-refractivity contribution < 1.29 is 4.79 Å². The molecule has 2 rings (SSSR count). The van der Waals surface area contributed by atoms with Crippen LogP contribution in [0.15, 0.2) is 30.3 Å². The molecule has 3 nitrogen and oxygen atoms in total. The fourth-order valence-corrected chi connectivity index (χ4v) is 3.29. The van der Waals surface area contributed by atoms with Crippen LogP contribution in [-0.4, -0.2) is 42.9 Å². The van der Waals surface area contributed by atoms with E-state index in [2.05, 4.69) is 40.5 Å². The summed E-state index contributed by atoms with van der Waals surface area (Å²) in [6, 6.07) is 11.0. The predicted molar refractivity (Wildman–Crippen MR) is 96.3 cm³/mol. The van der Waals surface area contributed by atoms with Gasteiger partial charge in [0.2, 0.25) is 0 Å². The minimum Gasteiger partial charge on any atom is -0.315 e. The molecular formula is C19H34N2O. The van der Waals surface area contributed by atoms with Crippen molar-refractivity contribution in [3.05, 3.63) is 35.9 Å². The Morgan fingerprint density at radius 2 is 1.95 bits per heavy atom. The van der Waals surface area contributed by atoms with Crippen LogP contribution in [0.3, 0.4) is 0 Å². The van der Waals surface area contributed by atoms with E-state index in [1.165, 1.54) is 12.0 Å². The summed E-state index contributed by atoms with van der Waals surface area (Å²) in [7, 11) is 1.97. The van der Waals surface area contributed by atoms with E-state index in [4.69, 9.17) is 0 Å². The summed E-state index contributed by atoms with van der Waals surface area (Å²) < 4.78 is 0. The number of nitrogens with one attached hydrogen (secondary N) is 1. The number of piperidine rings is 1. The lowest BCUT2D eigenvalue weighted by Crippen LogP contribution is -2.56. The van der Waals surface area contributed by atoms with Crippen LogP contribution in [0, 0.1) is 0 Å². The number of nitrogens with zero attached hydrogens (tertiary/aromatic N) is 1. The molecule has 0 unspecified atom stereocenters. The first kappa shape index (κ1) is 20.8. The van der Waals surface area contributed by atoms with Crippen LogP contribution in [0.2, 0.25) is 0 Å². The molecule has 1 saturated heterocycles. The van der Waals surface area contributed by atoms with Crippen LogP contribution < -0.4 is 5.32 Å². The molecule has 3 heteroatoms. The van der Waals surface area contributed by atoms with Crippen LogP contribution in [0.5, 0.6) is 0 Å². The standard InChI is InChI=1S/C17H26N2O.2CH4/c1-14(20)17-16(18-2)11-7-13-19(17)12-6-10-15-8-4-3-5-9-15;;/h3-5,8-9,16-18H,6-7,10-13H2,1-2H3;2*1H4/t16-,17+;;/m1../s1. The fourth-order valence-electron chi connectivity index (χ4n) is 3.29. The summed E-state index contributed by atoms with van der Waals surface area (Å²) in [6.45, 7) is 3.79. The fraction of sp³-hybridized carbons (Fsp3) is 0.632. The van der Waals surface area contributed by atoms with Crippen molar-refractivity contribution >= 4 is 5.78 Å². The van der Waals surface area contributed by atoms with Crippen molar-refractivity contribution in [1.29, 1.82) is 0 Å². The van der Waals surface area contributed by atoms with Gasteiger partial charge in [0, 0.05) is 6.04 Å². The normalized spacial score (nSPS) is 21.5. The zero-order valence-electron chi connectivity index (χ0n) is 12.6. The Morgan fingerprint density at radius 1 is 1.27 bits per heavy atom. The Kier molecular flexibility index (Phi) is 9.95. The highest BCUT2D eigenvalue weighted by atomic mass is 16.1. The summed E-state index contributed by atoms with van der Waals surface area (Å²) in [5.41, 5.74) is 1.38. The average Bonchev–Trinajstić information content (AvgIpc) is 2.47. The third-order valence-corrected chi connectivity index (χ3v) is 4.28. The van der Waals surface area contributed by atoms with E-state index in [9.17, 15) is 4.79 Å². The molecule has 0 amide bonds. The van der Waals surface area contributed by atoms with Crippen LogP contribution in [0.1, 0.15) is 46.6 Å². The monoisotopic (exact) mass is 306 g/mol. The summed E-state index contributed by atoms with van der Waals surface area (Å²) in [5.74, 6) is 0.295. The van der Waals surface area contributed by atoms with Gasteiger partial charge in [-0.2, -0.15) is 0 Å². The molecule has 1 aliphatic heterocycles. The average molecular weight is 306 g/mol. The van der Waals surface area contributed by atoms with Crippen molar-refractivity contribution in [3.8, 4) is 0 Å². The smallest absolute Gasteiger partial charge is 0.148 e. The Hall–Kier alpha value is -1.19. The number of benzene rings is 1. The Labute approximate surface area is 137 Å². The van der Waals surface area contributed by atoms with Crippen molar-refractivity contribution in [2.24, 2.45) is 0 Å². The van der Waals surface area contributed by atoms with Gasteiger partial charge in [-0.05, 0) is 58.3 Å². The van der Waals surface area contributed by atoms with E-state index in [1.807, 2.05) is 7.05 Å². The highest BCUT2D eigenvalue weighted by Crippen LogP contribution is 2.19. The van der Waals surface area contributed by atoms with Gasteiger partial charge < -0.3 is 5.32 Å². The van der Waals surface area contributed by atoms with Gasteiger partial charge in [0.25, 0.3) is 0 Å². The maximum absolute atomic E-state index is 11.9. The Morgan fingerprint density at radius 3 is 2.55 bits per heavy atom. The molecule has 1 aromatic rings. The van der Waals surface area contributed by atoms with Gasteiger partial charge in [0.15, 0.2) is 0 Å². The number of aryl methyl sites for hydroxylation is 1. The second-order valence-electron chi connectivity index (χ2n) is 5.72. The van der Waals surface area contributed by atoms with Gasteiger partial charge in [-0.25, -0.2) is 0 Å². The van der Waals surface area contributed by atoms with Gasteiger partial charge >= 0.3 is 0 Å². The van der Waals surface area contributed by atoms with Crippen LogP contribution in [0.25, 0.3) is 0 Å². The lowest BCUT2D eigenvalue weighted by atomic mass is 9.93. The number of likely N-dealkylation sites (tertiary alicyclic amines) is 1. The molecule has 0 bridgehead atoms. The third-order valence-electron chi connectivity index (χ3n) is 4.28. The molecule has 0 spiro atoms. The number of likely N-dealkylation sites (N-methyl/N-ethyl adjacent to an activating group) is 1. The lowest BCUT2D eigenvalue weighted by Gasteiger charge is -2.39. The number of carbonyl (C=O) groups is 1. The van der Waals surface area contributed by atoms with E-state index >= 15 is 0 Å². The summed E-state index contributed by atoms with van der Waals surface area (Å²) in [6.07, 6.45) is 4.49. The van der Waals surface area contributed by atoms with Crippen LogP contribution in [0.4, 0.5) is 0 Å². The Bertz CT molecular complexity index is 419. The number of Topliss-reactive ketones (excluding diaryl/α,β-unsaturated/α-hetero) is 1. The molecule has 2 atom stereocenters. The van der Waals surface area contributed by atoms with E-state index in [1.54, 1.807) is 6.92 Å². The van der Waals surface area contributed by atoms with E-state index in [0.717, 1.165) is 32.4 Å². The first-order chi connectivity index (χ1) is 9.72. The van der Waals surface area contributed by atoms with Gasteiger partial charge in [-0.15, -0.1) is 0 Å². The van der Waals surface area contributed by atoms with Crippen molar-refractivity contribution in [3.63, 3.8) is 0 Å². The molecule has 1 N–H and O–H groups in total. The van der Waals surface area contributed by atoms with Crippen molar-refractivity contribution in [2.45, 2.75) is 59.5 Å². The SMILES string of the molecule is C.C.CN[C@@H]1CCCN(CCCc2ccccc2)[C@H]1C(C)=O. The van der Waals surface area contributed by atoms with E-state index in [-0.39, 0.29) is 20.9 Å². The van der Waals surface area contributed by atoms with Gasteiger partial charge in [0.05, 0.1) is 6.04 Å². The molecule has 22 heavy (non-hydrogen) atoms. The maximum Gasteiger partial charge on any atom is 0.148 e. The van der Waals surface area contributed by atoms with E-state index < -0.39 is 0 Å². The number of carbonyl (C=O) groups excluding carboxylic acids is 1. The summed E-state index contributed by atoms with van der Waals surface area (Å²) in [4.78, 5) is 14.3.